The maximum absolute atomic E-state index is 5.27. The summed E-state index contributed by atoms with van der Waals surface area (Å²) in [7, 11) is 1.65. The number of fused-ring (bicyclic) bond motifs is 4. The van der Waals surface area contributed by atoms with Gasteiger partial charge in [-0.05, 0) is 36.4 Å². The number of pyridine rings is 1. The molecule has 104 valence electrons. The third kappa shape index (κ3) is 1.57. The SMILES string of the molecule is COc1cc2c(C)c3[nH]c4ccccc4c3c(C)c2cn1. The Bertz CT molecular complexity index is 999. The number of nitrogens with one attached hydrogen (secondary N) is 1. The minimum atomic E-state index is 0.653. The van der Waals surface area contributed by atoms with Crippen LogP contribution >= 0.6 is 0 Å². The van der Waals surface area contributed by atoms with Gasteiger partial charge in [-0.15, -0.1) is 0 Å². The van der Waals surface area contributed by atoms with Gasteiger partial charge >= 0.3 is 0 Å². The lowest BCUT2D eigenvalue weighted by Crippen LogP contribution is -1.91. The van der Waals surface area contributed by atoms with Crippen LogP contribution in [0.2, 0.25) is 0 Å². The van der Waals surface area contributed by atoms with E-state index in [0.717, 1.165) is 0 Å². The van der Waals surface area contributed by atoms with Crippen molar-refractivity contribution in [3.63, 3.8) is 0 Å². The number of aryl methyl sites for hydroxylation is 2. The molecule has 0 aliphatic rings. The molecule has 4 aromatic rings. The van der Waals surface area contributed by atoms with Crippen LogP contribution in [0.3, 0.4) is 0 Å². The molecule has 2 aromatic heterocycles. The van der Waals surface area contributed by atoms with E-state index in [1.54, 1.807) is 7.11 Å². The smallest absolute Gasteiger partial charge is 0.213 e. The summed E-state index contributed by atoms with van der Waals surface area (Å²) < 4.78 is 5.27. The van der Waals surface area contributed by atoms with Gasteiger partial charge in [0.15, 0.2) is 0 Å². The van der Waals surface area contributed by atoms with Crippen LogP contribution in [0.25, 0.3) is 32.6 Å². The van der Waals surface area contributed by atoms with E-state index in [9.17, 15) is 0 Å². The molecule has 0 unspecified atom stereocenters. The van der Waals surface area contributed by atoms with Crippen LogP contribution in [0.1, 0.15) is 11.1 Å². The molecule has 3 nitrogen and oxygen atoms in total. The van der Waals surface area contributed by atoms with Crippen LogP contribution < -0.4 is 4.74 Å². The molecule has 2 aromatic carbocycles. The fourth-order valence-electron chi connectivity index (χ4n) is 3.24. The van der Waals surface area contributed by atoms with Crippen molar-refractivity contribution in [2.45, 2.75) is 13.8 Å². The molecule has 0 saturated carbocycles. The fourth-order valence-corrected chi connectivity index (χ4v) is 3.24. The summed E-state index contributed by atoms with van der Waals surface area (Å²) in [4.78, 5) is 7.92. The first-order valence-electron chi connectivity index (χ1n) is 7.04. The van der Waals surface area contributed by atoms with Crippen molar-refractivity contribution in [2.75, 3.05) is 7.11 Å². The van der Waals surface area contributed by atoms with Gasteiger partial charge in [0, 0.05) is 33.9 Å². The molecular formula is C18H16N2O. The average molecular weight is 276 g/mol. The third-order valence-electron chi connectivity index (χ3n) is 4.35. The van der Waals surface area contributed by atoms with E-state index < -0.39 is 0 Å². The Morgan fingerprint density at radius 3 is 2.62 bits per heavy atom. The molecule has 0 bridgehead atoms. The summed E-state index contributed by atoms with van der Waals surface area (Å²) in [6, 6.07) is 10.5. The number of ether oxygens (including phenoxy) is 1. The molecule has 0 saturated heterocycles. The Labute approximate surface area is 122 Å². The molecule has 0 amide bonds. The van der Waals surface area contributed by atoms with Gasteiger partial charge in [-0.2, -0.15) is 0 Å². The van der Waals surface area contributed by atoms with Gasteiger partial charge < -0.3 is 9.72 Å². The van der Waals surface area contributed by atoms with Crippen molar-refractivity contribution in [3.05, 3.63) is 47.7 Å². The Morgan fingerprint density at radius 2 is 1.81 bits per heavy atom. The highest BCUT2D eigenvalue weighted by atomic mass is 16.5. The average Bonchev–Trinajstić information content (AvgIpc) is 2.92. The Balaban J connectivity index is 2.28. The molecular weight excluding hydrogens is 260 g/mol. The van der Waals surface area contributed by atoms with Crippen molar-refractivity contribution in [1.82, 2.24) is 9.97 Å². The van der Waals surface area contributed by atoms with E-state index in [-0.39, 0.29) is 0 Å². The van der Waals surface area contributed by atoms with E-state index in [4.69, 9.17) is 4.74 Å². The molecule has 3 heteroatoms. The number of para-hydroxylation sites is 1. The topological polar surface area (TPSA) is 37.9 Å². The summed E-state index contributed by atoms with van der Waals surface area (Å²) >= 11 is 0. The molecule has 21 heavy (non-hydrogen) atoms. The highest BCUT2D eigenvalue weighted by Crippen LogP contribution is 2.36. The van der Waals surface area contributed by atoms with Gasteiger partial charge in [-0.25, -0.2) is 4.98 Å². The maximum atomic E-state index is 5.27. The zero-order chi connectivity index (χ0) is 14.6. The van der Waals surface area contributed by atoms with Crippen molar-refractivity contribution < 1.29 is 4.74 Å². The monoisotopic (exact) mass is 276 g/mol. The van der Waals surface area contributed by atoms with Crippen LogP contribution in [-0.4, -0.2) is 17.1 Å². The number of rotatable bonds is 1. The number of methoxy groups -OCH3 is 1. The minimum absolute atomic E-state index is 0.653. The Kier molecular flexibility index (Phi) is 2.45. The summed E-state index contributed by atoms with van der Waals surface area (Å²) in [6.07, 6.45) is 1.91. The summed E-state index contributed by atoms with van der Waals surface area (Å²) in [5.74, 6) is 0.653. The van der Waals surface area contributed by atoms with E-state index in [0.29, 0.717) is 5.88 Å². The number of aromatic amines is 1. The van der Waals surface area contributed by atoms with E-state index >= 15 is 0 Å². The van der Waals surface area contributed by atoms with E-state index in [2.05, 4.69) is 48.1 Å². The number of benzene rings is 2. The number of hydrogen-bond donors (Lipinski definition) is 1. The summed E-state index contributed by atoms with van der Waals surface area (Å²) in [5.41, 5.74) is 4.88. The van der Waals surface area contributed by atoms with Crippen LogP contribution in [0.4, 0.5) is 0 Å². The van der Waals surface area contributed by atoms with E-state index in [1.165, 1.54) is 43.7 Å². The van der Waals surface area contributed by atoms with Gasteiger partial charge in [-0.3, -0.25) is 0 Å². The third-order valence-corrected chi connectivity index (χ3v) is 4.35. The standard InChI is InChI=1S/C18H16N2O/c1-10-14-9-19-16(21-3)8-13(14)11(2)18-17(10)12-6-4-5-7-15(12)20-18/h4-9,20H,1-3H3. The van der Waals surface area contributed by atoms with E-state index in [1.807, 2.05) is 12.3 Å². The molecule has 0 aliphatic carbocycles. The molecule has 0 radical (unpaired) electrons. The molecule has 0 aliphatic heterocycles. The molecule has 1 N–H and O–H groups in total. The second kappa shape index (κ2) is 4.22. The second-order valence-electron chi connectivity index (χ2n) is 5.44. The molecule has 4 rings (SSSR count). The van der Waals surface area contributed by atoms with Gasteiger partial charge in [0.25, 0.3) is 0 Å². The van der Waals surface area contributed by atoms with Crippen LogP contribution in [-0.2, 0) is 0 Å². The van der Waals surface area contributed by atoms with Crippen LogP contribution in [0.5, 0.6) is 5.88 Å². The lowest BCUT2D eigenvalue weighted by molar-refractivity contribution is 0.399. The first-order valence-corrected chi connectivity index (χ1v) is 7.04. The number of nitrogens with zero attached hydrogens (tertiary/aromatic N) is 1. The largest absolute Gasteiger partial charge is 0.481 e. The van der Waals surface area contributed by atoms with Crippen molar-refractivity contribution >= 4 is 32.6 Å². The quantitative estimate of drug-likeness (QED) is 0.556. The lowest BCUT2D eigenvalue weighted by Gasteiger charge is -2.10. The highest BCUT2D eigenvalue weighted by molar-refractivity contribution is 6.16. The number of H-pyrrole nitrogens is 1. The van der Waals surface area contributed by atoms with Crippen LogP contribution in [0, 0.1) is 13.8 Å². The molecule has 0 fully saturated rings. The molecule has 2 heterocycles. The van der Waals surface area contributed by atoms with Crippen LogP contribution in [0.15, 0.2) is 36.5 Å². The Hall–Kier alpha value is -2.55. The molecule has 0 atom stereocenters. The first-order chi connectivity index (χ1) is 10.2. The molecule has 0 spiro atoms. The van der Waals surface area contributed by atoms with Gasteiger partial charge in [0.05, 0.1) is 12.6 Å². The minimum Gasteiger partial charge on any atom is -0.481 e. The predicted octanol–water partition coefficient (Wildman–Crippen LogP) is 4.49. The highest BCUT2D eigenvalue weighted by Gasteiger charge is 2.14. The van der Waals surface area contributed by atoms with Crippen molar-refractivity contribution in [1.29, 1.82) is 0 Å². The zero-order valence-electron chi connectivity index (χ0n) is 12.3. The maximum Gasteiger partial charge on any atom is 0.213 e. The Morgan fingerprint density at radius 1 is 1.00 bits per heavy atom. The van der Waals surface area contributed by atoms with Gasteiger partial charge in [0.2, 0.25) is 5.88 Å². The number of aromatic nitrogens is 2. The summed E-state index contributed by atoms with van der Waals surface area (Å²) in [6.45, 7) is 4.32. The van der Waals surface area contributed by atoms with Crippen molar-refractivity contribution in [2.24, 2.45) is 0 Å². The van der Waals surface area contributed by atoms with Crippen molar-refractivity contribution in [3.8, 4) is 5.88 Å². The lowest BCUT2D eigenvalue weighted by atomic mass is 9.97. The normalized spacial score (nSPS) is 11.6. The van der Waals surface area contributed by atoms with Gasteiger partial charge in [0.1, 0.15) is 0 Å². The summed E-state index contributed by atoms with van der Waals surface area (Å²) in [5, 5.41) is 4.94. The predicted molar refractivity (Wildman–Crippen MR) is 87.1 cm³/mol. The fraction of sp³-hybridized carbons (Fsp3) is 0.167. The second-order valence-corrected chi connectivity index (χ2v) is 5.44. The first kappa shape index (κ1) is 12.2. The number of hydrogen-bond acceptors (Lipinski definition) is 2. The zero-order valence-corrected chi connectivity index (χ0v) is 12.3. The van der Waals surface area contributed by atoms with Gasteiger partial charge in [-0.1, -0.05) is 18.2 Å².